The number of hydrogen-bond acceptors (Lipinski definition) is 3. The van der Waals surface area contributed by atoms with Crippen molar-refractivity contribution in [2.75, 3.05) is 0 Å². The van der Waals surface area contributed by atoms with Crippen molar-refractivity contribution in [3.05, 3.63) is 36.3 Å². The van der Waals surface area contributed by atoms with Crippen LogP contribution >= 0.6 is 0 Å². The summed E-state index contributed by atoms with van der Waals surface area (Å²) in [5.74, 6) is -1.30. The molecule has 0 bridgehead atoms. The molecule has 0 aliphatic carbocycles. The predicted molar refractivity (Wildman–Crippen MR) is 78.2 cm³/mol. The number of aliphatic carboxylic acids is 1. The number of carbonyl (C=O) groups is 2. The van der Waals surface area contributed by atoms with Gasteiger partial charge in [0.1, 0.15) is 11.3 Å². The number of carboxylic acid groups (broad SMARTS) is 1. The van der Waals surface area contributed by atoms with Crippen LogP contribution in [0.15, 0.2) is 30.6 Å². The van der Waals surface area contributed by atoms with E-state index in [4.69, 9.17) is 5.11 Å². The van der Waals surface area contributed by atoms with E-state index in [2.05, 4.69) is 10.3 Å². The Morgan fingerprint density at radius 3 is 2.67 bits per heavy atom. The Labute approximate surface area is 122 Å². The third-order valence-electron chi connectivity index (χ3n) is 3.33. The van der Waals surface area contributed by atoms with Crippen molar-refractivity contribution in [2.24, 2.45) is 5.41 Å². The van der Waals surface area contributed by atoms with Crippen molar-refractivity contribution in [1.82, 2.24) is 14.7 Å². The maximum Gasteiger partial charge on any atom is 0.305 e. The molecule has 2 aromatic rings. The molecule has 0 saturated heterocycles. The quantitative estimate of drug-likeness (QED) is 0.901. The molecular formula is C15H19N3O3. The Hall–Kier alpha value is -2.37. The van der Waals surface area contributed by atoms with Gasteiger partial charge in [0.2, 0.25) is 0 Å². The van der Waals surface area contributed by atoms with E-state index in [1.807, 2.05) is 32.9 Å². The van der Waals surface area contributed by atoms with Crippen LogP contribution < -0.4 is 5.32 Å². The number of carboxylic acids is 1. The number of rotatable bonds is 4. The van der Waals surface area contributed by atoms with Crippen molar-refractivity contribution in [3.8, 4) is 0 Å². The molecule has 0 fully saturated rings. The summed E-state index contributed by atoms with van der Waals surface area (Å²) in [6.07, 6.45) is 3.31. The monoisotopic (exact) mass is 289 g/mol. The van der Waals surface area contributed by atoms with Crippen LogP contribution in [0.4, 0.5) is 0 Å². The van der Waals surface area contributed by atoms with E-state index >= 15 is 0 Å². The maximum absolute atomic E-state index is 12.3. The van der Waals surface area contributed by atoms with E-state index in [0.29, 0.717) is 5.65 Å². The largest absolute Gasteiger partial charge is 0.481 e. The molecule has 0 aliphatic rings. The molecule has 112 valence electrons. The summed E-state index contributed by atoms with van der Waals surface area (Å²) in [6.45, 7) is 5.68. The minimum atomic E-state index is -0.940. The van der Waals surface area contributed by atoms with E-state index in [-0.39, 0.29) is 23.4 Å². The molecular weight excluding hydrogens is 270 g/mol. The molecule has 0 saturated carbocycles. The average Bonchev–Trinajstić information content (AvgIpc) is 2.80. The highest BCUT2D eigenvalue weighted by atomic mass is 16.4. The zero-order valence-corrected chi connectivity index (χ0v) is 12.3. The minimum Gasteiger partial charge on any atom is -0.481 e. The first-order chi connectivity index (χ1) is 9.77. The van der Waals surface area contributed by atoms with Gasteiger partial charge in [-0.3, -0.25) is 9.59 Å². The number of aromatic nitrogens is 2. The van der Waals surface area contributed by atoms with Crippen LogP contribution in [0.3, 0.4) is 0 Å². The highest BCUT2D eigenvalue weighted by Gasteiger charge is 2.29. The SMILES string of the molecule is CC(C)(C)C(CC(=O)O)NC(=O)c1cn2ccccc2n1. The average molecular weight is 289 g/mol. The lowest BCUT2D eigenvalue weighted by Gasteiger charge is -2.30. The molecule has 21 heavy (non-hydrogen) atoms. The Bertz CT molecular complexity index is 637. The van der Waals surface area contributed by atoms with E-state index in [1.165, 1.54) is 0 Å². The van der Waals surface area contributed by atoms with Crippen molar-refractivity contribution in [1.29, 1.82) is 0 Å². The molecule has 6 nitrogen and oxygen atoms in total. The first-order valence-electron chi connectivity index (χ1n) is 6.74. The summed E-state index contributed by atoms with van der Waals surface area (Å²) in [5.41, 5.74) is 0.599. The van der Waals surface area contributed by atoms with Crippen LogP contribution in [0.25, 0.3) is 5.65 Å². The van der Waals surface area contributed by atoms with Crippen LogP contribution in [-0.4, -0.2) is 32.4 Å². The summed E-state index contributed by atoms with van der Waals surface area (Å²) in [6, 6.07) is 5.02. The topological polar surface area (TPSA) is 83.7 Å². The molecule has 2 heterocycles. The standard InChI is InChI=1S/C15H19N3O3/c1-15(2,3)11(8-13(19)20)17-14(21)10-9-18-7-5-4-6-12(18)16-10/h4-7,9,11H,8H2,1-3H3,(H,17,21)(H,19,20). The van der Waals surface area contributed by atoms with Crippen molar-refractivity contribution >= 4 is 17.5 Å². The fraction of sp³-hybridized carbons (Fsp3) is 0.400. The molecule has 0 spiro atoms. The number of nitrogens with zero attached hydrogens (tertiary/aromatic N) is 2. The number of hydrogen-bond donors (Lipinski definition) is 2. The van der Waals surface area contributed by atoms with Crippen LogP contribution in [0.1, 0.15) is 37.7 Å². The first kappa shape index (κ1) is 15.0. The minimum absolute atomic E-state index is 0.122. The second-order valence-electron chi connectivity index (χ2n) is 6.08. The Morgan fingerprint density at radius 1 is 1.38 bits per heavy atom. The van der Waals surface area contributed by atoms with Crippen molar-refractivity contribution < 1.29 is 14.7 Å². The third-order valence-corrected chi connectivity index (χ3v) is 3.33. The molecule has 0 aromatic carbocycles. The Balaban J connectivity index is 2.20. The lowest BCUT2D eigenvalue weighted by atomic mass is 9.84. The summed E-state index contributed by atoms with van der Waals surface area (Å²) in [7, 11) is 0. The van der Waals surface area contributed by atoms with Crippen LogP contribution in [0.5, 0.6) is 0 Å². The van der Waals surface area contributed by atoms with Crippen molar-refractivity contribution in [3.63, 3.8) is 0 Å². The number of fused-ring (bicyclic) bond motifs is 1. The molecule has 1 unspecified atom stereocenters. The Morgan fingerprint density at radius 2 is 2.10 bits per heavy atom. The molecule has 0 aliphatic heterocycles. The number of amides is 1. The summed E-state index contributed by atoms with van der Waals surface area (Å²) in [4.78, 5) is 27.4. The second kappa shape index (κ2) is 5.55. The molecule has 2 rings (SSSR count). The van der Waals surface area contributed by atoms with Gasteiger partial charge in [-0.15, -0.1) is 0 Å². The molecule has 1 amide bonds. The fourth-order valence-electron chi connectivity index (χ4n) is 2.02. The van der Waals surface area contributed by atoms with E-state index < -0.39 is 12.0 Å². The highest BCUT2D eigenvalue weighted by molar-refractivity contribution is 5.93. The van der Waals surface area contributed by atoms with Gasteiger partial charge in [-0.2, -0.15) is 0 Å². The lowest BCUT2D eigenvalue weighted by Crippen LogP contribution is -2.45. The second-order valence-corrected chi connectivity index (χ2v) is 6.08. The molecule has 6 heteroatoms. The number of pyridine rings is 1. The number of nitrogens with one attached hydrogen (secondary N) is 1. The first-order valence-corrected chi connectivity index (χ1v) is 6.74. The Kier molecular flexibility index (Phi) is 3.97. The number of imidazole rings is 1. The van der Waals surface area contributed by atoms with Gasteiger partial charge in [-0.1, -0.05) is 26.8 Å². The van der Waals surface area contributed by atoms with Gasteiger partial charge < -0.3 is 14.8 Å². The van der Waals surface area contributed by atoms with Gasteiger partial charge in [0.05, 0.1) is 6.42 Å². The van der Waals surface area contributed by atoms with Crippen molar-refractivity contribution in [2.45, 2.75) is 33.2 Å². The third kappa shape index (κ3) is 3.59. The van der Waals surface area contributed by atoms with Gasteiger partial charge in [0.15, 0.2) is 0 Å². The summed E-state index contributed by atoms with van der Waals surface area (Å²) >= 11 is 0. The zero-order chi connectivity index (χ0) is 15.6. The van der Waals surface area contributed by atoms with Gasteiger partial charge >= 0.3 is 5.97 Å². The van der Waals surface area contributed by atoms with Crippen LogP contribution in [0, 0.1) is 5.41 Å². The van der Waals surface area contributed by atoms with E-state index in [9.17, 15) is 9.59 Å². The summed E-state index contributed by atoms with van der Waals surface area (Å²) < 4.78 is 1.75. The highest BCUT2D eigenvalue weighted by Crippen LogP contribution is 2.22. The lowest BCUT2D eigenvalue weighted by molar-refractivity contribution is -0.138. The molecule has 1 atom stereocenters. The van der Waals surface area contributed by atoms with Gasteiger partial charge in [0, 0.05) is 18.4 Å². The van der Waals surface area contributed by atoms with Gasteiger partial charge in [0.25, 0.3) is 5.91 Å². The predicted octanol–water partition coefficient (Wildman–Crippen LogP) is 1.95. The molecule has 2 aromatic heterocycles. The zero-order valence-electron chi connectivity index (χ0n) is 12.3. The normalized spacial score (nSPS) is 13.1. The van der Waals surface area contributed by atoms with Gasteiger partial charge in [-0.05, 0) is 17.5 Å². The van der Waals surface area contributed by atoms with Gasteiger partial charge in [-0.25, -0.2) is 4.98 Å². The van der Waals surface area contributed by atoms with Crippen LogP contribution in [-0.2, 0) is 4.79 Å². The van der Waals surface area contributed by atoms with E-state index in [1.54, 1.807) is 22.9 Å². The van der Waals surface area contributed by atoms with Crippen LogP contribution in [0.2, 0.25) is 0 Å². The van der Waals surface area contributed by atoms with E-state index in [0.717, 1.165) is 0 Å². The summed E-state index contributed by atoms with van der Waals surface area (Å²) in [5, 5.41) is 11.7. The molecule has 0 radical (unpaired) electrons. The smallest absolute Gasteiger partial charge is 0.305 e. The fourth-order valence-corrected chi connectivity index (χ4v) is 2.02. The maximum atomic E-state index is 12.3. The number of carbonyl (C=O) groups excluding carboxylic acids is 1. The molecule has 2 N–H and O–H groups in total.